The standard InChI is InChI=1S/C14H20N6/c15-13-9-5-4-6-11(13)10-16-14-17-18-19-20(14)12-7-2-1-3-8-12/h1-3,7-8,11,13H,4-6,9-10,15H2,(H,16,17,19). The summed E-state index contributed by atoms with van der Waals surface area (Å²) in [4.78, 5) is 0. The number of tetrazole rings is 1. The molecule has 0 radical (unpaired) electrons. The van der Waals surface area contributed by atoms with Crippen molar-refractivity contribution in [1.82, 2.24) is 20.2 Å². The molecule has 6 nitrogen and oxygen atoms in total. The summed E-state index contributed by atoms with van der Waals surface area (Å²) in [6, 6.07) is 10.2. The monoisotopic (exact) mass is 272 g/mol. The SMILES string of the molecule is NC1CCCCC1CNc1nnnn1-c1ccccc1. The minimum absolute atomic E-state index is 0.289. The summed E-state index contributed by atoms with van der Waals surface area (Å²) in [5, 5.41) is 15.2. The highest BCUT2D eigenvalue weighted by Crippen LogP contribution is 2.23. The van der Waals surface area contributed by atoms with Gasteiger partial charge in [0.15, 0.2) is 0 Å². The van der Waals surface area contributed by atoms with Crippen molar-refractivity contribution in [3.8, 4) is 5.69 Å². The average Bonchev–Trinajstić information content (AvgIpc) is 2.96. The Morgan fingerprint density at radius 3 is 2.80 bits per heavy atom. The van der Waals surface area contributed by atoms with Crippen LogP contribution in [0, 0.1) is 5.92 Å². The largest absolute Gasteiger partial charge is 0.352 e. The normalized spacial score (nSPS) is 22.6. The van der Waals surface area contributed by atoms with Gasteiger partial charge in [0.25, 0.3) is 0 Å². The molecule has 1 aliphatic carbocycles. The van der Waals surface area contributed by atoms with Crippen LogP contribution in [0.2, 0.25) is 0 Å². The van der Waals surface area contributed by atoms with Gasteiger partial charge in [-0.2, -0.15) is 4.68 Å². The molecule has 1 aromatic carbocycles. The summed E-state index contributed by atoms with van der Waals surface area (Å²) in [6.45, 7) is 0.828. The molecule has 20 heavy (non-hydrogen) atoms. The van der Waals surface area contributed by atoms with Crippen LogP contribution >= 0.6 is 0 Å². The van der Waals surface area contributed by atoms with E-state index >= 15 is 0 Å². The van der Waals surface area contributed by atoms with Crippen molar-refractivity contribution in [2.75, 3.05) is 11.9 Å². The number of para-hydroxylation sites is 1. The van der Waals surface area contributed by atoms with E-state index in [4.69, 9.17) is 5.73 Å². The summed E-state index contributed by atoms with van der Waals surface area (Å²) in [7, 11) is 0. The molecule has 1 aromatic heterocycles. The molecular formula is C14H20N6. The number of rotatable bonds is 4. The van der Waals surface area contributed by atoms with Crippen LogP contribution < -0.4 is 11.1 Å². The van der Waals surface area contributed by atoms with Crippen LogP contribution in [0.15, 0.2) is 30.3 Å². The zero-order valence-corrected chi connectivity index (χ0v) is 11.4. The number of hydrogen-bond acceptors (Lipinski definition) is 5. The molecule has 2 atom stereocenters. The van der Waals surface area contributed by atoms with E-state index < -0.39 is 0 Å². The van der Waals surface area contributed by atoms with Crippen LogP contribution in [0.3, 0.4) is 0 Å². The Bertz CT molecular complexity index is 538. The van der Waals surface area contributed by atoms with Gasteiger partial charge in [-0.3, -0.25) is 0 Å². The number of nitrogens with two attached hydrogens (primary N) is 1. The van der Waals surface area contributed by atoms with E-state index in [1.54, 1.807) is 4.68 Å². The van der Waals surface area contributed by atoms with E-state index in [2.05, 4.69) is 20.8 Å². The Morgan fingerprint density at radius 2 is 2.00 bits per heavy atom. The lowest BCUT2D eigenvalue weighted by Crippen LogP contribution is -2.37. The summed E-state index contributed by atoms with van der Waals surface area (Å²) in [5.74, 6) is 1.18. The van der Waals surface area contributed by atoms with Crippen molar-refractivity contribution in [2.24, 2.45) is 11.7 Å². The van der Waals surface area contributed by atoms with E-state index in [1.165, 1.54) is 19.3 Å². The molecule has 0 bridgehead atoms. The highest BCUT2D eigenvalue weighted by Gasteiger charge is 2.22. The zero-order chi connectivity index (χ0) is 13.8. The predicted octanol–water partition coefficient (Wildman–Crippen LogP) is 1.59. The Balaban J connectivity index is 1.68. The predicted molar refractivity (Wildman–Crippen MR) is 77.6 cm³/mol. The Hall–Kier alpha value is -1.95. The van der Waals surface area contributed by atoms with Crippen LogP contribution in [0.25, 0.3) is 5.69 Å². The quantitative estimate of drug-likeness (QED) is 0.883. The van der Waals surface area contributed by atoms with Gasteiger partial charge >= 0.3 is 0 Å². The first kappa shape index (κ1) is 13.1. The molecule has 0 spiro atoms. The third-order valence-corrected chi connectivity index (χ3v) is 3.96. The molecule has 2 unspecified atom stereocenters. The smallest absolute Gasteiger partial charge is 0.247 e. The number of nitrogens with one attached hydrogen (secondary N) is 1. The lowest BCUT2D eigenvalue weighted by molar-refractivity contribution is 0.321. The molecule has 3 rings (SSSR count). The van der Waals surface area contributed by atoms with Gasteiger partial charge in [-0.1, -0.05) is 36.1 Å². The maximum Gasteiger partial charge on any atom is 0.247 e. The summed E-state index contributed by atoms with van der Waals surface area (Å²) >= 11 is 0. The lowest BCUT2D eigenvalue weighted by atomic mass is 9.85. The van der Waals surface area contributed by atoms with Crippen LogP contribution in [-0.4, -0.2) is 32.8 Å². The minimum atomic E-state index is 0.289. The molecule has 1 saturated carbocycles. The van der Waals surface area contributed by atoms with Gasteiger partial charge < -0.3 is 11.1 Å². The molecule has 2 aromatic rings. The molecule has 1 heterocycles. The maximum absolute atomic E-state index is 6.17. The van der Waals surface area contributed by atoms with Crippen molar-refractivity contribution in [2.45, 2.75) is 31.7 Å². The van der Waals surface area contributed by atoms with Gasteiger partial charge in [0.2, 0.25) is 5.95 Å². The zero-order valence-electron chi connectivity index (χ0n) is 11.4. The van der Waals surface area contributed by atoms with Gasteiger partial charge in [-0.25, -0.2) is 0 Å². The first-order valence-electron chi connectivity index (χ1n) is 7.18. The highest BCUT2D eigenvalue weighted by molar-refractivity contribution is 5.38. The molecule has 0 saturated heterocycles. The summed E-state index contributed by atoms with van der Waals surface area (Å²) in [5.41, 5.74) is 7.12. The average molecular weight is 272 g/mol. The first-order chi connectivity index (χ1) is 9.84. The van der Waals surface area contributed by atoms with Gasteiger partial charge in [0.1, 0.15) is 0 Å². The number of anilines is 1. The number of benzene rings is 1. The van der Waals surface area contributed by atoms with E-state index in [0.29, 0.717) is 11.9 Å². The molecule has 106 valence electrons. The molecule has 3 N–H and O–H groups in total. The maximum atomic E-state index is 6.17. The van der Waals surface area contributed by atoms with Crippen molar-refractivity contribution < 1.29 is 0 Å². The fraction of sp³-hybridized carbons (Fsp3) is 0.500. The second-order valence-electron chi connectivity index (χ2n) is 5.34. The molecule has 0 aliphatic heterocycles. The molecular weight excluding hydrogens is 252 g/mol. The highest BCUT2D eigenvalue weighted by atomic mass is 15.6. The van der Waals surface area contributed by atoms with Gasteiger partial charge in [-0.05, 0) is 41.3 Å². The summed E-state index contributed by atoms with van der Waals surface area (Å²) in [6.07, 6.45) is 4.82. The fourth-order valence-electron chi connectivity index (χ4n) is 2.75. The van der Waals surface area contributed by atoms with E-state index in [9.17, 15) is 0 Å². The van der Waals surface area contributed by atoms with Crippen LogP contribution in [0.4, 0.5) is 5.95 Å². The van der Waals surface area contributed by atoms with Crippen molar-refractivity contribution in [3.63, 3.8) is 0 Å². The summed E-state index contributed by atoms with van der Waals surface area (Å²) < 4.78 is 1.72. The number of nitrogens with zero attached hydrogens (tertiary/aromatic N) is 4. The second-order valence-corrected chi connectivity index (χ2v) is 5.34. The lowest BCUT2D eigenvalue weighted by Gasteiger charge is -2.28. The Labute approximate surface area is 118 Å². The Morgan fingerprint density at radius 1 is 1.20 bits per heavy atom. The van der Waals surface area contributed by atoms with Crippen LogP contribution in [0.1, 0.15) is 25.7 Å². The number of aromatic nitrogens is 4. The number of hydrogen-bond donors (Lipinski definition) is 2. The van der Waals surface area contributed by atoms with E-state index in [-0.39, 0.29) is 6.04 Å². The molecule has 1 fully saturated rings. The van der Waals surface area contributed by atoms with E-state index in [0.717, 1.165) is 18.7 Å². The third kappa shape index (κ3) is 2.80. The van der Waals surface area contributed by atoms with Crippen molar-refractivity contribution in [1.29, 1.82) is 0 Å². The Kier molecular flexibility index (Phi) is 3.92. The first-order valence-corrected chi connectivity index (χ1v) is 7.18. The molecule has 6 heteroatoms. The topological polar surface area (TPSA) is 81.7 Å². The van der Waals surface area contributed by atoms with E-state index in [1.807, 2.05) is 30.3 Å². The van der Waals surface area contributed by atoms with Crippen LogP contribution in [-0.2, 0) is 0 Å². The third-order valence-electron chi connectivity index (χ3n) is 3.96. The van der Waals surface area contributed by atoms with Gasteiger partial charge in [0, 0.05) is 12.6 Å². The molecule has 0 amide bonds. The van der Waals surface area contributed by atoms with Crippen molar-refractivity contribution >= 4 is 5.95 Å². The molecule has 1 aliphatic rings. The fourth-order valence-corrected chi connectivity index (χ4v) is 2.75. The second kappa shape index (κ2) is 6.00. The van der Waals surface area contributed by atoms with Crippen molar-refractivity contribution in [3.05, 3.63) is 30.3 Å². The van der Waals surface area contributed by atoms with Gasteiger partial charge in [-0.15, -0.1) is 0 Å². The van der Waals surface area contributed by atoms with Crippen LogP contribution in [0.5, 0.6) is 0 Å². The minimum Gasteiger partial charge on any atom is -0.352 e. The van der Waals surface area contributed by atoms with Gasteiger partial charge in [0.05, 0.1) is 5.69 Å².